The van der Waals surface area contributed by atoms with Crippen molar-refractivity contribution in [2.24, 2.45) is 0 Å². The van der Waals surface area contributed by atoms with Gasteiger partial charge in [-0.3, -0.25) is 0 Å². The summed E-state index contributed by atoms with van der Waals surface area (Å²) in [6, 6.07) is 3.24. The summed E-state index contributed by atoms with van der Waals surface area (Å²) < 4.78 is 31.7. The van der Waals surface area contributed by atoms with Crippen molar-refractivity contribution in [1.82, 2.24) is 5.32 Å². The van der Waals surface area contributed by atoms with Crippen LogP contribution in [0.2, 0.25) is 0 Å². The molecule has 0 radical (unpaired) electrons. The Bertz CT molecular complexity index is 344. The zero-order valence-electron chi connectivity index (χ0n) is 9.76. The molecule has 1 aromatic rings. The zero-order chi connectivity index (χ0) is 12.1. The molecule has 0 fully saturated rings. The molecule has 0 aliphatic carbocycles. The van der Waals surface area contributed by atoms with Crippen molar-refractivity contribution in [3.05, 3.63) is 35.4 Å². The van der Waals surface area contributed by atoms with Crippen LogP contribution in [0.25, 0.3) is 0 Å². The van der Waals surface area contributed by atoms with Crippen LogP contribution < -0.4 is 5.32 Å². The molecule has 2 atom stereocenters. The largest absolute Gasteiger partial charge is 0.382 e. The van der Waals surface area contributed by atoms with Gasteiger partial charge in [-0.05, 0) is 38.6 Å². The van der Waals surface area contributed by atoms with Crippen molar-refractivity contribution in [1.29, 1.82) is 0 Å². The van der Waals surface area contributed by atoms with E-state index in [4.69, 9.17) is 4.74 Å². The summed E-state index contributed by atoms with van der Waals surface area (Å²) in [5.74, 6) is -0.828. The summed E-state index contributed by atoms with van der Waals surface area (Å²) in [7, 11) is 3.32. The second kappa shape index (κ2) is 5.92. The topological polar surface area (TPSA) is 21.3 Å². The van der Waals surface area contributed by atoms with E-state index in [1.807, 2.05) is 6.92 Å². The number of hydrogen-bond donors (Lipinski definition) is 1. The van der Waals surface area contributed by atoms with Crippen LogP contribution in [-0.2, 0) is 4.74 Å². The quantitative estimate of drug-likeness (QED) is 0.838. The van der Waals surface area contributed by atoms with E-state index in [0.29, 0.717) is 12.0 Å². The minimum Gasteiger partial charge on any atom is -0.382 e. The third-order valence-corrected chi connectivity index (χ3v) is 2.65. The number of rotatable bonds is 5. The first-order chi connectivity index (χ1) is 7.58. The standard InChI is InChI=1S/C12H17F2NO/c1-8(16-3)6-12(15-2)10-7-9(13)4-5-11(10)14/h4-5,7-8,12,15H,6H2,1-3H3. The van der Waals surface area contributed by atoms with Crippen LogP contribution in [0.4, 0.5) is 8.78 Å². The van der Waals surface area contributed by atoms with Gasteiger partial charge in [0.2, 0.25) is 0 Å². The molecule has 0 aromatic heterocycles. The summed E-state index contributed by atoms with van der Waals surface area (Å²) in [4.78, 5) is 0. The first-order valence-electron chi connectivity index (χ1n) is 5.23. The summed E-state index contributed by atoms with van der Waals surface area (Å²) in [6.07, 6.45) is 0.577. The van der Waals surface area contributed by atoms with E-state index in [1.54, 1.807) is 14.2 Å². The lowest BCUT2D eigenvalue weighted by Gasteiger charge is -2.20. The van der Waals surface area contributed by atoms with Gasteiger partial charge in [-0.1, -0.05) is 0 Å². The first kappa shape index (κ1) is 13.1. The van der Waals surface area contributed by atoms with Gasteiger partial charge < -0.3 is 10.1 Å². The third-order valence-electron chi connectivity index (χ3n) is 2.65. The summed E-state index contributed by atoms with van der Waals surface area (Å²) in [5.41, 5.74) is 0.339. The maximum absolute atomic E-state index is 13.5. The third kappa shape index (κ3) is 3.25. The number of benzene rings is 1. The Kier molecular flexibility index (Phi) is 4.83. The summed E-state index contributed by atoms with van der Waals surface area (Å²) >= 11 is 0. The van der Waals surface area contributed by atoms with Gasteiger partial charge in [0, 0.05) is 18.7 Å². The van der Waals surface area contributed by atoms with E-state index in [0.717, 1.165) is 12.1 Å². The van der Waals surface area contributed by atoms with Gasteiger partial charge in [0.15, 0.2) is 0 Å². The molecule has 0 spiro atoms. The molecule has 0 saturated carbocycles. The second-order valence-electron chi connectivity index (χ2n) is 3.79. The number of nitrogens with one attached hydrogen (secondary N) is 1. The predicted molar refractivity (Wildman–Crippen MR) is 59.2 cm³/mol. The molecule has 0 amide bonds. The van der Waals surface area contributed by atoms with E-state index in [2.05, 4.69) is 5.32 Å². The van der Waals surface area contributed by atoms with Crippen LogP contribution in [0.5, 0.6) is 0 Å². The van der Waals surface area contributed by atoms with E-state index < -0.39 is 11.6 Å². The highest BCUT2D eigenvalue weighted by Gasteiger charge is 2.17. The highest BCUT2D eigenvalue weighted by atomic mass is 19.1. The molecular formula is C12H17F2NO. The molecule has 0 saturated heterocycles. The lowest BCUT2D eigenvalue weighted by Crippen LogP contribution is -2.23. The van der Waals surface area contributed by atoms with Gasteiger partial charge in [-0.2, -0.15) is 0 Å². The van der Waals surface area contributed by atoms with E-state index in [9.17, 15) is 8.78 Å². The van der Waals surface area contributed by atoms with E-state index >= 15 is 0 Å². The molecule has 2 unspecified atom stereocenters. The Morgan fingerprint density at radius 3 is 2.62 bits per heavy atom. The molecule has 0 bridgehead atoms. The maximum atomic E-state index is 13.5. The Balaban J connectivity index is 2.89. The monoisotopic (exact) mass is 229 g/mol. The Hall–Kier alpha value is -1.00. The molecule has 0 aliphatic heterocycles. The molecule has 90 valence electrons. The van der Waals surface area contributed by atoms with Crippen LogP contribution in [-0.4, -0.2) is 20.3 Å². The maximum Gasteiger partial charge on any atom is 0.128 e. The fourth-order valence-corrected chi connectivity index (χ4v) is 1.61. The first-order valence-corrected chi connectivity index (χ1v) is 5.23. The fourth-order valence-electron chi connectivity index (χ4n) is 1.61. The van der Waals surface area contributed by atoms with Crippen molar-refractivity contribution in [3.8, 4) is 0 Å². The predicted octanol–water partition coefficient (Wildman–Crippen LogP) is 2.65. The van der Waals surface area contributed by atoms with Crippen molar-refractivity contribution in [2.45, 2.75) is 25.5 Å². The van der Waals surface area contributed by atoms with Crippen molar-refractivity contribution in [2.75, 3.05) is 14.2 Å². The Morgan fingerprint density at radius 2 is 2.06 bits per heavy atom. The number of ether oxygens (including phenoxy) is 1. The number of hydrogen-bond acceptors (Lipinski definition) is 2. The van der Waals surface area contributed by atoms with Gasteiger partial charge in [0.1, 0.15) is 11.6 Å². The molecule has 0 heterocycles. The van der Waals surface area contributed by atoms with Crippen LogP contribution in [0.1, 0.15) is 24.9 Å². The van der Waals surface area contributed by atoms with Crippen LogP contribution in [0.3, 0.4) is 0 Å². The molecule has 2 nitrogen and oxygen atoms in total. The second-order valence-corrected chi connectivity index (χ2v) is 3.79. The van der Waals surface area contributed by atoms with Crippen LogP contribution in [0.15, 0.2) is 18.2 Å². The molecular weight excluding hydrogens is 212 g/mol. The Morgan fingerprint density at radius 1 is 1.38 bits per heavy atom. The minimum atomic E-state index is -0.429. The number of halogens is 2. The van der Waals surface area contributed by atoms with E-state index in [-0.39, 0.29) is 12.1 Å². The van der Waals surface area contributed by atoms with Crippen molar-refractivity contribution >= 4 is 0 Å². The summed E-state index contributed by atoms with van der Waals surface area (Å²) in [6.45, 7) is 1.89. The lowest BCUT2D eigenvalue weighted by atomic mass is 10.0. The minimum absolute atomic E-state index is 0.0138. The average molecular weight is 229 g/mol. The van der Waals surface area contributed by atoms with Crippen LogP contribution in [0, 0.1) is 11.6 Å². The normalized spacial score (nSPS) is 14.8. The van der Waals surface area contributed by atoms with Gasteiger partial charge >= 0.3 is 0 Å². The lowest BCUT2D eigenvalue weighted by molar-refractivity contribution is 0.101. The SMILES string of the molecule is CNC(CC(C)OC)c1cc(F)ccc1F. The molecule has 1 rings (SSSR count). The van der Waals surface area contributed by atoms with Crippen molar-refractivity contribution in [3.63, 3.8) is 0 Å². The van der Waals surface area contributed by atoms with Gasteiger partial charge in [0.05, 0.1) is 6.10 Å². The summed E-state index contributed by atoms with van der Waals surface area (Å²) in [5, 5.41) is 2.96. The molecule has 1 aromatic carbocycles. The van der Waals surface area contributed by atoms with Crippen LogP contribution >= 0.6 is 0 Å². The smallest absolute Gasteiger partial charge is 0.128 e. The van der Waals surface area contributed by atoms with Gasteiger partial charge in [0.25, 0.3) is 0 Å². The average Bonchev–Trinajstić information content (AvgIpc) is 2.29. The fraction of sp³-hybridized carbons (Fsp3) is 0.500. The van der Waals surface area contributed by atoms with Gasteiger partial charge in [-0.15, -0.1) is 0 Å². The molecule has 0 aliphatic rings. The van der Waals surface area contributed by atoms with Gasteiger partial charge in [-0.25, -0.2) is 8.78 Å². The van der Waals surface area contributed by atoms with Crippen molar-refractivity contribution < 1.29 is 13.5 Å². The number of methoxy groups -OCH3 is 1. The molecule has 4 heteroatoms. The zero-order valence-corrected chi connectivity index (χ0v) is 9.76. The van der Waals surface area contributed by atoms with E-state index in [1.165, 1.54) is 6.07 Å². The highest BCUT2D eigenvalue weighted by Crippen LogP contribution is 2.22. The Labute approximate surface area is 94.6 Å². The molecule has 1 N–H and O–H groups in total. The highest BCUT2D eigenvalue weighted by molar-refractivity contribution is 5.22. The molecule has 16 heavy (non-hydrogen) atoms.